The Balaban J connectivity index is 1.83. The molecule has 1 aliphatic heterocycles. The molecule has 2 fully saturated rings. The molecule has 0 radical (unpaired) electrons. The van der Waals surface area contributed by atoms with Crippen LogP contribution in [0.1, 0.15) is 32.6 Å². The molecule has 1 nitrogen and oxygen atoms in total. The van der Waals surface area contributed by atoms with Crippen LogP contribution >= 0.6 is 11.6 Å². The Morgan fingerprint density at radius 1 is 1.31 bits per heavy atom. The monoisotopic (exact) mass is 201 g/mol. The molecule has 0 amide bonds. The van der Waals surface area contributed by atoms with E-state index in [1.807, 2.05) is 0 Å². The average molecular weight is 202 g/mol. The van der Waals surface area contributed by atoms with Gasteiger partial charge in [-0.05, 0) is 37.6 Å². The van der Waals surface area contributed by atoms with Crippen molar-refractivity contribution in [1.82, 2.24) is 4.90 Å². The van der Waals surface area contributed by atoms with Crippen LogP contribution in [0.15, 0.2) is 0 Å². The number of likely N-dealkylation sites (tertiary alicyclic amines) is 1. The number of hydrogen-bond donors (Lipinski definition) is 0. The van der Waals surface area contributed by atoms with Gasteiger partial charge in [0, 0.05) is 18.5 Å². The fourth-order valence-electron chi connectivity index (χ4n) is 2.57. The number of hydrogen-bond acceptors (Lipinski definition) is 1. The van der Waals surface area contributed by atoms with E-state index in [2.05, 4.69) is 11.8 Å². The van der Waals surface area contributed by atoms with E-state index in [0.717, 1.165) is 17.7 Å². The van der Waals surface area contributed by atoms with Crippen LogP contribution in [0.25, 0.3) is 0 Å². The van der Waals surface area contributed by atoms with Crippen LogP contribution < -0.4 is 0 Å². The van der Waals surface area contributed by atoms with Gasteiger partial charge in [0.2, 0.25) is 0 Å². The van der Waals surface area contributed by atoms with E-state index >= 15 is 0 Å². The van der Waals surface area contributed by atoms with Crippen molar-refractivity contribution in [2.75, 3.05) is 19.0 Å². The molecule has 0 N–H and O–H groups in total. The van der Waals surface area contributed by atoms with Crippen LogP contribution in [0.5, 0.6) is 0 Å². The molecule has 76 valence electrons. The molecule has 1 saturated carbocycles. The molecule has 2 atom stereocenters. The van der Waals surface area contributed by atoms with Crippen LogP contribution in [0.3, 0.4) is 0 Å². The summed E-state index contributed by atoms with van der Waals surface area (Å²) in [7, 11) is 0. The fraction of sp³-hybridized carbons (Fsp3) is 1.00. The Hall–Kier alpha value is 0.250. The van der Waals surface area contributed by atoms with Crippen LogP contribution in [0.2, 0.25) is 0 Å². The van der Waals surface area contributed by atoms with Crippen molar-refractivity contribution in [2.24, 2.45) is 11.8 Å². The molecular formula is C11H20ClN. The minimum absolute atomic E-state index is 0.669. The van der Waals surface area contributed by atoms with E-state index in [4.69, 9.17) is 11.6 Å². The van der Waals surface area contributed by atoms with Gasteiger partial charge in [-0.3, -0.25) is 4.90 Å². The summed E-state index contributed by atoms with van der Waals surface area (Å²) in [5, 5.41) is 0. The van der Waals surface area contributed by atoms with Crippen molar-refractivity contribution in [3.05, 3.63) is 0 Å². The van der Waals surface area contributed by atoms with Crippen LogP contribution in [0.4, 0.5) is 0 Å². The maximum Gasteiger partial charge on any atom is 0.0382 e. The van der Waals surface area contributed by atoms with Crippen molar-refractivity contribution in [3.8, 4) is 0 Å². The highest BCUT2D eigenvalue weighted by atomic mass is 35.5. The highest BCUT2D eigenvalue weighted by Gasteiger charge is 2.32. The number of alkyl halides is 1. The maximum atomic E-state index is 6.00. The summed E-state index contributed by atoms with van der Waals surface area (Å²) in [5.74, 6) is 2.64. The van der Waals surface area contributed by atoms with Gasteiger partial charge in [-0.2, -0.15) is 0 Å². The van der Waals surface area contributed by atoms with Crippen molar-refractivity contribution < 1.29 is 0 Å². The summed E-state index contributed by atoms with van der Waals surface area (Å²) < 4.78 is 0. The minimum atomic E-state index is 0.669. The largest absolute Gasteiger partial charge is 0.299 e. The second-order valence-corrected chi connectivity index (χ2v) is 5.09. The SMILES string of the molecule is CC1CCN(CC2CCC2)C1CCl. The van der Waals surface area contributed by atoms with Gasteiger partial charge in [-0.1, -0.05) is 13.3 Å². The molecule has 1 heterocycles. The normalized spacial score (nSPS) is 36.5. The van der Waals surface area contributed by atoms with E-state index in [9.17, 15) is 0 Å². The molecule has 0 bridgehead atoms. The summed E-state index contributed by atoms with van der Waals surface area (Å²) >= 11 is 6.00. The van der Waals surface area contributed by atoms with Crippen molar-refractivity contribution in [1.29, 1.82) is 0 Å². The summed E-state index contributed by atoms with van der Waals surface area (Å²) in [6.45, 7) is 4.95. The molecule has 2 aliphatic rings. The van der Waals surface area contributed by atoms with E-state index in [0.29, 0.717) is 6.04 Å². The quantitative estimate of drug-likeness (QED) is 0.635. The van der Waals surface area contributed by atoms with E-state index in [1.165, 1.54) is 38.8 Å². The van der Waals surface area contributed by atoms with Gasteiger partial charge >= 0.3 is 0 Å². The molecule has 13 heavy (non-hydrogen) atoms. The third kappa shape index (κ3) is 2.02. The lowest BCUT2D eigenvalue weighted by atomic mass is 9.85. The third-order valence-electron chi connectivity index (χ3n) is 3.87. The molecular weight excluding hydrogens is 182 g/mol. The lowest BCUT2D eigenvalue weighted by molar-refractivity contribution is 0.165. The van der Waals surface area contributed by atoms with Crippen LogP contribution in [-0.4, -0.2) is 29.9 Å². The first-order valence-corrected chi connectivity index (χ1v) is 6.14. The Morgan fingerprint density at radius 2 is 2.08 bits per heavy atom. The summed E-state index contributed by atoms with van der Waals surface area (Å²) in [5.41, 5.74) is 0. The Kier molecular flexibility index (Phi) is 3.15. The zero-order chi connectivity index (χ0) is 9.26. The summed E-state index contributed by atoms with van der Waals surface area (Å²) in [6.07, 6.45) is 5.73. The van der Waals surface area contributed by atoms with Gasteiger partial charge in [0.25, 0.3) is 0 Å². The molecule has 1 saturated heterocycles. The second-order valence-electron chi connectivity index (χ2n) is 4.78. The predicted molar refractivity (Wildman–Crippen MR) is 57.2 cm³/mol. The molecule has 2 heteroatoms. The average Bonchev–Trinajstić information content (AvgIpc) is 2.39. The zero-order valence-electron chi connectivity index (χ0n) is 8.51. The van der Waals surface area contributed by atoms with Gasteiger partial charge < -0.3 is 0 Å². The van der Waals surface area contributed by atoms with Gasteiger partial charge in [0.05, 0.1) is 0 Å². The van der Waals surface area contributed by atoms with E-state index < -0.39 is 0 Å². The first kappa shape index (κ1) is 9.79. The predicted octanol–water partition coefficient (Wildman–Crippen LogP) is 2.74. The first-order valence-electron chi connectivity index (χ1n) is 5.61. The number of halogens is 1. The van der Waals surface area contributed by atoms with Crippen molar-refractivity contribution in [2.45, 2.75) is 38.6 Å². The number of rotatable bonds is 3. The Labute approximate surface area is 86.4 Å². The molecule has 0 aromatic rings. The number of nitrogens with zero attached hydrogens (tertiary/aromatic N) is 1. The van der Waals surface area contributed by atoms with Crippen LogP contribution in [-0.2, 0) is 0 Å². The fourth-order valence-corrected chi connectivity index (χ4v) is 3.07. The third-order valence-corrected chi connectivity index (χ3v) is 4.19. The van der Waals surface area contributed by atoms with Crippen LogP contribution in [0, 0.1) is 11.8 Å². The topological polar surface area (TPSA) is 3.24 Å². The molecule has 2 unspecified atom stereocenters. The van der Waals surface area contributed by atoms with Gasteiger partial charge in [-0.25, -0.2) is 0 Å². The Morgan fingerprint density at radius 3 is 2.62 bits per heavy atom. The van der Waals surface area contributed by atoms with Gasteiger partial charge in [0.1, 0.15) is 0 Å². The highest BCUT2D eigenvalue weighted by Crippen LogP contribution is 2.31. The smallest absolute Gasteiger partial charge is 0.0382 e. The maximum absolute atomic E-state index is 6.00. The lowest BCUT2D eigenvalue weighted by Crippen LogP contribution is -2.38. The minimum Gasteiger partial charge on any atom is -0.299 e. The standard InChI is InChI=1S/C11H20ClN/c1-9-5-6-13(11(9)7-12)8-10-3-2-4-10/h9-11H,2-8H2,1H3. The molecule has 0 aromatic heterocycles. The lowest BCUT2D eigenvalue weighted by Gasteiger charge is -2.33. The Bertz CT molecular complexity index is 167. The zero-order valence-corrected chi connectivity index (χ0v) is 9.26. The van der Waals surface area contributed by atoms with Gasteiger partial charge in [-0.15, -0.1) is 11.6 Å². The molecule has 0 aromatic carbocycles. The summed E-state index contributed by atoms with van der Waals surface area (Å²) in [6, 6.07) is 0.669. The molecule has 2 rings (SSSR count). The molecule has 1 aliphatic carbocycles. The highest BCUT2D eigenvalue weighted by molar-refractivity contribution is 6.18. The van der Waals surface area contributed by atoms with Crippen molar-refractivity contribution >= 4 is 11.6 Å². The van der Waals surface area contributed by atoms with Gasteiger partial charge in [0.15, 0.2) is 0 Å². The van der Waals surface area contributed by atoms with Crippen molar-refractivity contribution in [3.63, 3.8) is 0 Å². The molecule has 0 spiro atoms. The van der Waals surface area contributed by atoms with E-state index in [-0.39, 0.29) is 0 Å². The second kappa shape index (κ2) is 4.18. The first-order chi connectivity index (χ1) is 6.31. The summed E-state index contributed by atoms with van der Waals surface area (Å²) in [4.78, 5) is 2.63. The van der Waals surface area contributed by atoms with E-state index in [1.54, 1.807) is 0 Å².